The van der Waals surface area contributed by atoms with Crippen molar-refractivity contribution >= 4 is 17.0 Å². The van der Waals surface area contributed by atoms with E-state index in [0.29, 0.717) is 5.52 Å². The number of imidazole rings is 2. The van der Waals surface area contributed by atoms with Crippen LogP contribution in [-0.2, 0) is 6.54 Å². The Morgan fingerprint density at radius 1 is 1.43 bits per heavy atom. The fourth-order valence-corrected chi connectivity index (χ4v) is 2.69. The molecule has 3 aromatic rings. The van der Waals surface area contributed by atoms with Crippen LogP contribution in [0.1, 0.15) is 29.1 Å². The number of rotatable bonds is 4. The van der Waals surface area contributed by atoms with Gasteiger partial charge in [-0.25, -0.2) is 14.8 Å². The van der Waals surface area contributed by atoms with Crippen molar-refractivity contribution in [2.75, 3.05) is 0 Å². The molecule has 0 aliphatic carbocycles. The molecule has 108 valence electrons. The van der Waals surface area contributed by atoms with Gasteiger partial charge in [0.25, 0.3) is 0 Å². The molecule has 6 nitrogen and oxygen atoms in total. The molecule has 0 aliphatic rings. The van der Waals surface area contributed by atoms with Crippen LogP contribution < -0.4 is 0 Å². The minimum Gasteiger partial charge on any atom is -0.478 e. The zero-order chi connectivity index (χ0) is 15.0. The number of aryl methyl sites for hydroxylation is 1. The lowest BCUT2D eigenvalue weighted by atomic mass is 10.2. The molecule has 0 saturated carbocycles. The van der Waals surface area contributed by atoms with Crippen LogP contribution in [0.15, 0.2) is 36.9 Å². The van der Waals surface area contributed by atoms with Crippen molar-refractivity contribution in [1.82, 2.24) is 19.1 Å². The van der Waals surface area contributed by atoms with E-state index < -0.39 is 5.97 Å². The first-order chi connectivity index (χ1) is 10.1. The highest BCUT2D eigenvalue weighted by molar-refractivity contribution is 5.92. The molecule has 1 atom stereocenters. The molecule has 2 heterocycles. The van der Waals surface area contributed by atoms with Gasteiger partial charge >= 0.3 is 5.97 Å². The molecule has 0 saturated heterocycles. The van der Waals surface area contributed by atoms with E-state index in [1.54, 1.807) is 24.7 Å². The van der Waals surface area contributed by atoms with Crippen molar-refractivity contribution in [1.29, 1.82) is 0 Å². The molecule has 0 spiro atoms. The van der Waals surface area contributed by atoms with Crippen LogP contribution >= 0.6 is 0 Å². The first kappa shape index (κ1) is 13.4. The summed E-state index contributed by atoms with van der Waals surface area (Å²) in [5.74, 6) is -0.0595. The molecule has 1 aromatic carbocycles. The van der Waals surface area contributed by atoms with Crippen LogP contribution in [0.25, 0.3) is 11.0 Å². The van der Waals surface area contributed by atoms with Crippen molar-refractivity contribution in [3.05, 3.63) is 48.3 Å². The van der Waals surface area contributed by atoms with Crippen LogP contribution in [0.2, 0.25) is 0 Å². The first-order valence-corrected chi connectivity index (χ1v) is 6.74. The number of benzene rings is 1. The Hall–Kier alpha value is -2.63. The summed E-state index contributed by atoms with van der Waals surface area (Å²) in [5.41, 5.74) is 1.92. The molecule has 3 rings (SSSR count). The second kappa shape index (κ2) is 5.05. The zero-order valence-corrected chi connectivity index (χ0v) is 11.9. The van der Waals surface area contributed by atoms with Crippen LogP contribution in [0.5, 0.6) is 0 Å². The van der Waals surface area contributed by atoms with E-state index in [4.69, 9.17) is 5.11 Å². The van der Waals surface area contributed by atoms with Crippen LogP contribution in [0.4, 0.5) is 0 Å². The van der Waals surface area contributed by atoms with E-state index in [1.165, 1.54) is 0 Å². The maximum atomic E-state index is 11.0. The summed E-state index contributed by atoms with van der Waals surface area (Å²) in [6, 6.07) is 5.25. The van der Waals surface area contributed by atoms with Crippen LogP contribution in [-0.4, -0.2) is 30.2 Å². The zero-order valence-electron chi connectivity index (χ0n) is 11.9. The minimum atomic E-state index is -0.935. The number of carboxylic acid groups (broad SMARTS) is 1. The van der Waals surface area contributed by atoms with E-state index in [-0.39, 0.29) is 11.6 Å². The summed E-state index contributed by atoms with van der Waals surface area (Å²) >= 11 is 0. The Labute approximate surface area is 121 Å². The highest BCUT2D eigenvalue weighted by atomic mass is 16.4. The van der Waals surface area contributed by atoms with E-state index >= 15 is 0 Å². The molecule has 6 heteroatoms. The fourth-order valence-electron chi connectivity index (χ4n) is 2.69. The second-order valence-corrected chi connectivity index (χ2v) is 5.15. The van der Waals surface area contributed by atoms with Gasteiger partial charge in [0.1, 0.15) is 5.82 Å². The van der Waals surface area contributed by atoms with Crippen molar-refractivity contribution in [3.8, 4) is 0 Å². The molecule has 0 radical (unpaired) electrons. The average Bonchev–Trinajstić information content (AvgIpc) is 3.03. The second-order valence-electron chi connectivity index (χ2n) is 5.15. The molecule has 1 unspecified atom stereocenters. The summed E-state index contributed by atoms with van der Waals surface area (Å²) in [6.45, 7) is 4.83. The Kier molecular flexibility index (Phi) is 3.21. The quantitative estimate of drug-likeness (QED) is 0.799. The van der Waals surface area contributed by atoms with Gasteiger partial charge in [-0.15, -0.1) is 0 Å². The molecular weight excluding hydrogens is 268 g/mol. The summed E-state index contributed by atoms with van der Waals surface area (Å²) in [6.07, 6.45) is 5.46. The lowest BCUT2D eigenvalue weighted by Crippen LogP contribution is -2.13. The Balaban J connectivity index is 2.01. The van der Waals surface area contributed by atoms with Gasteiger partial charge in [-0.3, -0.25) is 0 Å². The van der Waals surface area contributed by atoms with Crippen LogP contribution in [0, 0.1) is 6.92 Å². The first-order valence-electron chi connectivity index (χ1n) is 6.74. The van der Waals surface area contributed by atoms with Crippen molar-refractivity contribution in [2.45, 2.75) is 26.4 Å². The van der Waals surface area contributed by atoms with Crippen molar-refractivity contribution in [3.63, 3.8) is 0 Å². The number of aromatic carboxylic acids is 1. The van der Waals surface area contributed by atoms with E-state index in [9.17, 15) is 4.79 Å². The van der Waals surface area contributed by atoms with Crippen LogP contribution in [0.3, 0.4) is 0 Å². The highest BCUT2D eigenvalue weighted by Gasteiger charge is 2.15. The van der Waals surface area contributed by atoms with Gasteiger partial charge in [0, 0.05) is 18.9 Å². The number of hydrogen-bond acceptors (Lipinski definition) is 3. The van der Waals surface area contributed by atoms with E-state index in [0.717, 1.165) is 17.9 Å². The summed E-state index contributed by atoms with van der Waals surface area (Å²) < 4.78 is 4.14. The topological polar surface area (TPSA) is 72.9 Å². The number of aromatic nitrogens is 4. The molecule has 1 N–H and O–H groups in total. The SMILES string of the molecule is Cc1nc2cc(C(=O)O)ccc2n1C(C)Cn1ccnc1. The summed E-state index contributed by atoms with van der Waals surface area (Å²) in [5, 5.41) is 9.06. The van der Waals surface area contributed by atoms with Gasteiger partial charge in [-0.2, -0.15) is 0 Å². The lowest BCUT2D eigenvalue weighted by Gasteiger charge is -2.17. The monoisotopic (exact) mass is 284 g/mol. The van der Waals surface area contributed by atoms with E-state index in [2.05, 4.69) is 21.5 Å². The molecule has 21 heavy (non-hydrogen) atoms. The van der Waals surface area contributed by atoms with Gasteiger partial charge in [0.15, 0.2) is 0 Å². The van der Waals surface area contributed by atoms with Gasteiger partial charge in [0.05, 0.1) is 29.0 Å². The third-order valence-electron chi connectivity index (χ3n) is 3.59. The fraction of sp³-hybridized carbons (Fsp3) is 0.267. The minimum absolute atomic E-state index is 0.194. The molecule has 0 fully saturated rings. The number of carbonyl (C=O) groups is 1. The van der Waals surface area contributed by atoms with Gasteiger partial charge in [0.2, 0.25) is 0 Å². The normalized spacial score (nSPS) is 12.7. The maximum absolute atomic E-state index is 11.0. The third kappa shape index (κ3) is 2.40. The third-order valence-corrected chi connectivity index (χ3v) is 3.59. The molecule has 2 aromatic heterocycles. The molecule has 0 amide bonds. The smallest absolute Gasteiger partial charge is 0.335 e. The standard InChI is InChI=1S/C15H16N4O2/c1-10(8-18-6-5-16-9-18)19-11(2)17-13-7-12(15(20)21)3-4-14(13)19/h3-7,9-10H,8H2,1-2H3,(H,20,21). The maximum Gasteiger partial charge on any atom is 0.335 e. The van der Waals surface area contributed by atoms with Crippen molar-refractivity contribution < 1.29 is 9.90 Å². The average molecular weight is 284 g/mol. The Bertz CT molecular complexity index is 789. The van der Waals surface area contributed by atoms with Crippen molar-refractivity contribution in [2.24, 2.45) is 0 Å². The predicted molar refractivity (Wildman–Crippen MR) is 78.4 cm³/mol. The van der Waals surface area contributed by atoms with Gasteiger partial charge in [-0.05, 0) is 32.0 Å². The Morgan fingerprint density at radius 2 is 2.24 bits per heavy atom. The predicted octanol–water partition coefficient (Wildman–Crippen LogP) is 2.50. The number of carboxylic acids is 1. The largest absolute Gasteiger partial charge is 0.478 e. The molecule has 0 bridgehead atoms. The number of nitrogens with zero attached hydrogens (tertiary/aromatic N) is 4. The van der Waals surface area contributed by atoms with Gasteiger partial charge in [-0.1, -0.05) is 0 Å². The number of fused-ring (bicyclic) bond motifs is 1. The number of hydrogen-bond donors (Lipinski definition) is 1. The highest BCUT2D eigenvalue weighted by Crippen LogP contribution is 2.23. The van der Waals surface area contributed by atoms with Gasteiger partial charge < -0.3 is 14.2 Å². The summed E-state index contributed by atoms with van der Waals surface area (Å²) in [7, 11) is 0. The summed E-state index contributed by atoms with van der Waals surface area (Å²) in [4.78, 5) is 19.6. The molecule has 0 aliphatic heterocycles. The lowest BCUT2D eigenvalue weighted by molar-refractivity contribution is 0.0697. The molecular formula is C15H16N4O2. The van der Waals surface area contributed by atoms with E-state index in [1.807, 2.05) is 23.8 Å². The Morgan fingerprint density at radius 3 is 2.90 bits per heavy atom.